The van der Waals surface area contributed by atoms with Gasteiger partial charge in [0.05, 0.1) is 29.7 Å². The molecule has 150 valence electrons. The van der Waals surface area contributed by atoms with Gasteiger partial charge in [-0.15, -0.1) is 0 Å². The number of benzene rings is 2. The quantitative estimate of drug-likeness (QED) is 0.736. The monoisotopic (exact) mass is 390 g/mol. The smallest absolute Gasteiger partial charge is 0.251 e. The average molecular weight is 390 g/mol. The summed E-state index contributed by atoms with van der Waals surface area (Å²) in [4.78, 5) is 14.9. The fourth-order valence-electron chi connectivity index (χ4n) is 3.65. The van der Waals surface area contributed by atoms with E-state index in [1.165, 1.54) is 0 Å². The third kappa shape index (κ3) is 3.83. The summed E-state index contributed by atoms with van der Waals surface area (Å²) in [5.74, 6) is 0.727. The molecule has 0 saturated heterocycles. The Morgan fingerprint density at radius 3 is 2.59 bits per heavy atom. The first-order chi connectivity index (χ1) is 13.9. The molecule has 1 aliphatic rings. The molecule has 1 amide bonds. The van der Waals surface area contributed by atoms with Crippen LogP contribution in [0, 0.1) is 13.8 Å². The van der Waals surface area contributed by atoms with Crippen molar-refractivity contribution in [2.75, 3.05) is 25.1 Å². The van der Waals surface area contributed by atoms with E-state index >= 15 is 0 Å². The van der Waals surface area contributed by atoms with Crippen LogP contribution in [0.1, 0.15) is 40.3 Å². The molecule has 4 rings (SSSR count). The standard InChI is InChI=1S/C23H26N4O2/c1-15-13-16(2)27(25-15)20-8-5-18(6-9-20)17(3)24-23(28)19-7-10-22-21(14-19)26(4)11-12-29-22/h5-10,13-14,17H,11-12H2,1-4H3,(H,24,28). The first-order valence-corrected chi connectivity index (χ1v) is 9.85. The molecule has 1 aromatic heterocycles. The summed E-state index contributed by atoms with van der Waals surface area (Å²) in [6.45, 7) is 7.50. The highest BCUT2D eigenvalue weighted by Crippen LogP contribution is 2.31. The van der Waals surface area contributed by atoms with Crippen molar-refractivity contribution in [1.29, 1.82) is 0 Å². The number of aryl methyl sites for hydroxylation is 2. The Morgan fingerprint density at radius 1 is 1.14 bits per heavy atom. The van der Waals surface area contributed by atoms with Gasteiger partial charge in [0.15, 0.2) is 0 Å². The minimum atomic E-state index is -0.109. The van der Waals surface area contributed by atoms with Crippen molar-refractivity contribution in [1.82, 2.24) is 15.1 Å². The Balaban J connectivity index is 1.48. The van der Waals surface area contributed by atoms with Gasteiger partial charge in [0.1, 0.15) is 12.4 Å². The fraction of sp³-hybridized carbons (Fsp3) is 0.304. The van der Waals surface area contributed by atoms with Gasteiger partial charge >= 0.3 is 0 Å². The maximum Gasteiger partial charge on any atom is 0.251 e. The summed E-state index contributed by atoms with van der Waals surface area (Å²) in [7, 11) is 2.01. The molecule has 0 saturated carbocycles. The summed E-state index contributed by atoms with van der Waals surface area (Å²) in [5.41, 5.74) is 5.72. The maximum absolute atomic E-state index is 12.8. The van der Waals surface area contributed by atoms with E-state index in [4.69, 9.17) is 4.74 Å². The lowest BCUT2D eigenvalue weighted by atomic mass is 10.1. The molecule has 6 heteroatoms. The lowest BCUT2D eigenvalue weighted by molar-refractivity contribution is 0.0940. The number of hydrogen-bond acceptors (Lipinski definition) is 4. The van der Waals surface area contributed by atoms with Gasteiger partial charge in [0.2, 0.25) is 0 Å². The lowest BCUT2D eigenvalue weighted by Gasteiger charge is -2.28. The van der Waals surface area contributed by atoms with Gasteiger partial charge in [-0.1, -0.05) is 12.1 Å². The number of aromatic nitrogens is 2. The molecule has 0 spiro atoms. The predicted octanol–water partition coefficient (Wildman–Crippen LogP) is 3.81. The predicted molar refractivity (Wildman–Crippen MR) is 114 cm³/mol. The average Bonchev–Trinajstić information content (AvgIpc) is 3.06. The number of fused-ring (bicyclic) bond motifs is 1. The van der Waals surface area contributed by atoms with Crippen molar-refractivity contribution in [3.05, 3.63) is 71.0 Å². The highest BCUT2D eigenvalue weighted by atomic mass is 16.5. The minimum absolute atomic E-state index is 0.0955. The van der Waals surface area contributed by atoms with Crippen LogP contribution >= 0.6 is 0 Å². The Hall–Kier alpha value is -3.28. The molecule has 2 heterocycles. The van der Waals surface area contributed by atoms with Crippen molar-refractivity contribution < 1.29 is 9.53 Å². The molecule has 0 fully saturated rings. The Morgan fingerprint density at radius 2 is 1.90 bits per heavy atom. The Bertz CT molecular complexity index is 1040. The zero-order valence-electron chi connectivity index (χ0n) is 17.3. The van der Waals surface area contributed by atoms with Crippen LogP contribution in [0.5, 0.6) is 5.75 Å². The van der Waals surface area contributed by atoms with Crippen LogP contribution in [-0.2, 0) is 0 Å². The number of nitrogens with zero attached hydrogens (tertiary/aromatic N) is 3. The number of hydrogen-bond donors (Lipinski definition) is 1. The van der Waals surface area contributed by atoms with Gasteiger partial charge in [0, 0.05) is 18.3 Å². The maximum atomic E-state index is 12.8. The second-order valence-electron chi connectivity index (χ2n) is 7.58. The van der Waals surface area contributed by atoms with Gasteiger partial charge < -0.3 is 15.0 Å². The summed E-state index contributed by atoms with van der Waals surface area (Å²) in [6, 6.07) is 15.6. The zero-order valence-corrected chi connectivity index (χ0v) is 17.3. The Labute approximate surface area is 171 Å². The summed E-state index contributed by atoms with van der Waals surface area (Å²) in [6.07, 6.45) is 0. The summed E-state index contributed by atoms with van der Waals surface area (Å²) >= 11 is 0. The van der Waals surface area contributed by atoms with Crippen molar-refractivity contribution in [3.63, 3.8) is 0 Å². The third-order valence-corrected chi connectivity index (χ3v) is 5.31. The first-order valence-electron chi connectivity index (χ1n) is 9.85. The topological polar surface area (TPSA) is 59.4 Å². The van der Waals surface area contributed by atoms with E-state index < -0.39 is 0 Å². The van der Waals surface area contributed by atoms with E-state index in [0.29, 0.717) is 12.2 Å². The molecule has 29 heavy (non-hydrogen) atoms. The van der Waals surface area contributed by atoms with E-state index in [1.54, 1.807) is 0 Å². The third-order valence-electron chi connectivity index (χ3n) is 5.31. The second kappa shape index (κ2) is 7.62. The van der Waals surface area contributed by atoms with Gasteiger partial charge in [-0.3, -0.25) is 4.79 Å². The van der Waals surface area contributed by atoms with Crippen molar-refractivity contribution in [3.8, 4) is 11.4 Å². The molecule has 1 unspecified atom stereocenters. The van der Waals surface area contributed by atoms with Crippen LogP contribution in [0.2, 0.25) is 0 Å². The molecule has 0 radical (unpaired) electrons. The molecule has 2 aromatic carbocycles. The molecule has 1 aliphatic heterocycles. The van der Waals surface area contributed by atoms with Crippen molar-refractivity contribution in [2.45, 2.75) is 26.8 Å². The highest BCUT2D eigenvalue weighted by Gasteiger charge is 2.18. The van der Waals surface area contributed by atoms with Gasteiger partial charge in [-0.25, -0.2) is 4.68 Å². The van der Waals surface area contributed by atoms with E-state index in [1.807, 2.05) is 75.0 Å². The van der Waals surface area contributed by atoms with Crippen LogP contribution in [0.4, 0.5) is 5.69 Å². The number of amides is 1. The zero-order chi connectivity index (χ0) is 20.5. The molecular formula is C23H26N4O2. The Kier molecular flexibility index (Phi) is 5.01. The van der Waals surface area contributed by atoms with E-state index in [2.05, 4.69) is 21.4 Å². The molecular weight excluding hydrogens is 364 g/mol. The molecule has 1 atom stereocenters. The van der Waals surface area contributed by atoms with E-state index in [-0.39, 0.29) is 11.9 Å². The van der Waals surface area contributed by atoms with Crippen molar-refractivity contribution in [2.24, 2.45) is 0 Å². The number of nitrogens with one attached hydrogen (secondary N) is 1. The number of likely N-dealkylation sites (N-methyl/N-ethyl adjacent to an activating group) is 1. The lowest BCUT2D eigenvalue weighted by Crippen LogP contribution is -2.30. The van der Waals surface area contributed by atoms with E-state index in [0.717, 1.165) is 40.6 Å². The number of carbonyl (C=O) groups is 1. The number of anilines is 1. The second-order valence-corrected chi connectivity index (χ2v) is 7.58. The highest BCUT2D eigenvalue weighted by molar-refractivity contribution is 5.96. The van der Waals surface area contributed by atoms with Crippen LogP contribution in [0.15, 0.2) is 48.5 Å². The van der Waals surface area contributed by atoms with E-state index in [9.17, 15) is 4.79 Å². The van der Waals surface area contributed by atoms with Gasteiger partial charge in [-0.2, -0.15) is 5.10 Å². The fourth-order valence-corrected chi connectivity index (χ4v) is 3.65. The van der Waals surface area contributed by atoms with Crippen molar-refractivity contribution >= 4 is 11.6 Å². The van der Waals surface area contributed by atoms with Crippen LogP contribution < -0.4 is 15.0 Å². The largest absolute Gasteiger partial charge is 0.490 e. The summed E-state index contributed by atoms with van der Waals surface area (Å²) < 4.78 is 7.58. The molecule has 6 nitrogen and oxygen atoms in total. The minimum Gasteiger partial charge on any atom is -0.490 e. The number of ether oxygens (including phenoxy) is 1. The molecule has 3 aromatic rings. The number of rotatable bonds is 4. The molecule has 0 aliphatic carbocycles. The molecule has 0 bridgehead atoms. The normalized spacial score (nSPS) is 14.1. The first kappa shape index (κ1) is 19.1. The van der Waals surface area contributed by atoms with Gasteiger partial charge in [0.25, 0.3) is 5.91 Å². The summed E-state index contributed by atoms with van der Waals surface area (Å²) in [5, 5.41) is 7.61. The van der Waals surface area contributed by atoms with Crippen LogP contribution in [0.3, 0.4) is 0 Å². The van der Waals surface area contributed by atoms with Crippen LogP contribution in [0.25, 0.3) is 5.69 Å². The van der Waals surface area contributed by atoms with Crippen LogP contribution in [-0.4, -0.2) is 35.9 Å². The van der Waals surface area contributed by atoms with Gasteiger partial charge in [-0.05, 0) is 62.7 Å². The SMILES string of the molecule is Cc1cc(C)n(-c2ccc(C(C)NC(=O)c3ccc4c(c3)N(C)CCO4)cc2)n1. The molecule has 1 N–H and O–H groups in total. The number of carbonyl (C=O) groups excluding carboxylic acids is 1.